The molecule has 0 spiro atoms. The molecule has 0 aliphatic carbocycles. The van der Waals surface area contributed by atoms with Crippen LogP contribution in [0.5, 0.6) is 0 Å². The number of nitrogens with zero attached hydrogens (tertiary/aromatic N) is 4. The van der Waals surface area contributed by atoms with Gasteiger partial charge in [-0.2, -0.15) is 0 Å². The molecule has 0 unspecified atom stereocenters. The van der Waals surface area contributed by atoms with Crippen LogP contribution in [0.15, 0.2) is 72.2 Å². The maximum atomic E-state index is 5.95. The second-order valence-electron chi connectivity index (χ2n) is 6.43. The van der Waals surface area contributed by atoms with Gasteiger partial charge in [-0.1, -0.05) is 48.0 Å². The molecule has 5 nitrogen and oxygen atoms in total. The molecule has 0 aliphatic rings. The predicted octanol–water partition coefficient (Wildman–Crippen LogP) is 3.79. The normalized spacial score (nSPS) is 11.4. The van der Waals surface area contributed by atoms with Gasteiger partial charge in [0.05, 0.1) is 6.33 Å². The summed E-state index contributed by atoms with van der Waals surface area (Å²) in [5, 5.41) is 4.17. The van der Waals surface area contributed by atoms with Gasteiger partial charge in [-0.3, -0.25) is 4.99 Å². The number of nitrogens with one attached hydrogen (secondary N) is 1. The molecule has 0 saturated heterocycles. The van der Waals surface area contributed by atoms with Crippen molar-refractivity contribution < 1.29 is 0 Å². The first-order chi connectivity index (χ1) is 13.1. The van der Waals surface area contributed by atoms with Gasteiger partial charge in [0.2, 0.25) is 0 Å². The zero-order valence-corrected chi connectivity index (χ0v) is 16.4. The number of hydrogen-bond acceptors (Lipinski definition) is 2. The number of halogens is 1. The van der Waals surface area contributed by atoms with Crippen LogP contribution in [0.2, 0.25) is 5.02 Å². The van der Waals surface area contributed by atoms with Gasteiger partial charge in [0.15, 0.2) is 5.96 Å². The Balaban J connectivity index is 1.53. The first-order valence-corrected chi connectivity index (χ1v) is 9.21. The van der Waals surface area contributed by atoms with Crippen LogP contribution in [0.1, 0.15) is 16.7 Å². The van der Waals surface area contributed by atoms with Crippen LogP contribution >= 0.6 is 11.6 Å². The van der Waals surface area contributed by atoms with Crippen molar-refractivity contribution in [2.24, 2.45) is 4.99 Å². The van der Waals surface area contributed by atoms with E-state index in [1.165, 1.54) is 16.7 Å². The summed E-state index contributed by atoms with van der Waals surface area (Å²) < 4.78 is 2.06. The topological polar surface area (TPSA) is 45.5 Å². The summed E-state index contributed by atoms with van der Waals surface area (Å²) in [6.07, 6.45) is 5.59. The Hall–Kier alpha value is -2.79. The zero-order chi connectivity index (χ0) is 19.1. The van der Waals surface area contributed by atoms with E-state index in [0.29, 0.717) is 0 Å². The summed E-state index contributed by atoms with van der Waals surface area (Å²) in [5.74, 6) is 0.854. The number of rotatable bonds is 6. The molecule has 0 fully saturated rings. The van der Waals surface area contributed by atoms with E-state index in [1.807, 2.05) is 43.8 Å². The first-order valence-electron chi connectivity index (χ1n) is 8.84. The van der Waals surface area contributed by atoms with Crippen LogP contribution in [0, 0.1) is 0 Å². The number of benzene rings is 2. The lowest BCUT2D eigenvalue weighted by Crippen LogP contribution is -2.38. The van der Waals surface area contributed by atoms with Crippen LogP contribution in [-0.4, -0.2) is 34.5 Å². The molecule has 27 heavy (non-hydrogen) atoms. The highest BCUT2D eigenvalue weighted by Crippen LogP contribution is 2.11. The molecule has 0 aliphatic heterocycles. The highest BCUT2D eigenvalue weighted by Gasteiger charge is 2.07. The van der Waals surface area contributed by atoms with Crippen LogP contribution in [0.4, 0.5) is 0 Å². The Labute approximate surface area is 165 Å². The summed E-state index contributed by atoms with van der Waals surface area (Å²) in [4.78, 5) is 10.5. The van der Waals surface area contributed by atoms with Crippen LogP contribution < -0.4 is 5.32 Å². The molecule has 2 aromatic carbocycles. The second kappa shape index (κ2) is 9.24. The van der Waals surface area contributed by atoms with Gasteiger partial charge in [0.25, 0.3) is 0 Å². The predicted molar refractivity (Wildman–Crippen MR) is 111 cm³/mol. The van der Waals surface area contributed by atoms with Crippen molar-refractivity contribution >= 4 is 17.6 Å². The molecular weight excluding hydrogens is 358 g/mol. The number of guanidine groups is 1. The lowest BCUT2D eigenvalue weighted by Gasteiger charge is -2.22. The van der Waals surface area contributed by atoms with E-state index >= 15 is 0 Å². The molecule has 3 aromatic rings. The summed E-state index contributed by atoms with van der Waals surface area (Å²) >= 11 is 5.95. The molecule has 0 bridgehead atoms. The summed E-state index contributed by atoms with van der Waals surface area (Å²) in [5.41, 5.74) is 3.65. The van der Waals surface area contributed by atoms with Gasteiger partial charge < -0.3 is 14.8 Å². The van der Waals surface area contributed by atoms with E-state index in [2.05, 4.69) is 49.0 Å². The van der Waals surface area contributed by atoms with E-state index in [9.17, 15) is 0 Å². The minimum atomic E-state index is 0.725. The fraction of sp³-hybridized carbons (Fsp3) is 0.238. The van der Waals surface area contributed by atoms with Crippen molar-refractivity contribution in [2.45, 2.75) is 19.6 Å². The molecule has 0 saturated carbocycles. The van der Waals surface area contributed by atoms with E-state index < -0.39 is 0 Å². The number of hydrogen-bond donors (Lipinski definition) is 1. The fourth-order valence-corrected chi connectivity index (χ4v) is 2.98. The third kappa shape index (κ3) is 5.59. The quantitative estimate of drug-likeness (QED) is 0.522. The Morgan fingerprint density at radius 3 is 2.37 bits per heavy atom. The van der Waals surface area contributed by atoms with Crippen molar-refractivity contribution in [2.75, 3.05) is 14.1 Å². The number of imidazole rings is 1. The van der Waals surface area contributed by atoms with Crippen molar-refractivity contribution in [3.63, 3.8) is 0 Å². The SMILES string of the molecule is CN=C(NCc1ccc(Cn2ccnc2)cc1)N(C)Cc1ccc(Cl)cc1. The maximum absolute atomic E-state index is 5.95. The highest BCUT2D eigenvalue weighted by atomic mass is 35.5. The average molecular weight is 382 g/mol. The van der Waals surface area contributed by atoms with Gasteiger partial charge >= 0.3 is 0 Å². The van der Waals surface area contributed by atoms with Gasteiger partial charge in [0.1, 0.15) is 0 Å². The molecule has 0 radical (unpaired) electrons. The molecule has 0 atom stereocenters. The molecule has 6 heteroatoms. The Morgan fingerprint density at radius 1 is 1.07 bits per heavy atom. The Bertz CT molecular complexity index is 855. The zero-order valence-electron chi connectivity index (χ0n) is 15.6. The monoisotopic (exact) mass is 381 g/mol. The molecule has 1 heterocycles. The lowest BCUT2D eigenvalue weighted by molar-refractivity contribution is 0.476. The van der Waals surface area contributed by atoms with Crippen molar-refractivity contribution in [1.29, 1.82) is 0 Å². The lowest BCUT2D eigenvalue weighted by atomic mass is 10.1. The smallest absolute Gasteiger partial charge is 0.193 e. The number of aliphatic imine (C=N–C) groups is 1. The van der Waals surface area contributed by atoms with Gasteiger partial charge in [0, 0.05) is 51.1 Å². The largest absolute Gasteiger partial charge is 0.352 e. The number of aromatic nitrogens is 2. The summed E-state index contributed by atoms with van der Waals surface area (Å²) in [7, 11) is 3.83. The van der Waals surface area contributed by atoms with Gasteiger partial charge in [-0.05, 0) is 28.8 Å². The van der Waals surface area contributed by atoms with Crippen LogP contribution in [-0.2, 0) is 19.6 Å². The van der Waals surface area contributed by atoms with Crippen molar-refractivity contribution in [3.05, 3.63) is 89.0 Å². The third-order valence-corrected chi connectivity index (χ3v) is 4.56. The average Bonchev–Trinajstić information content (AvgIpc) is 3.18. The molecule has 140 valence electrons. The third-order valence-electron chi connectivity index (χ3n) is 4.30. The van der Waals surface area contributed by atoms with E-state index in [0.717, 1.165) is 30.6 Å². The van der Waals surface area contributed by atoms with Crippen molar-refractivity contribution in [1.82, 2.24) is 19.8 Å². The maximum Gasteiger partial charge on any atom is 0.193 e. The van der Waals surface area contributed by atoms with E-state index in [-0.39, 0.29) is 0 Å². The Morgan fingerprint density at radius 2 is 1.74 bits per heavy atom. The Kier molecular flexibility index (Phi) is 6.49. The molecule has 1 N–H and O–H groups in total. The minimum Gasteiger partial charge on any atom is -0.352 e. The van der Waals surface area contributed by atoms with Crippen LogP contribution in [0.25, 0.3) is 0 Å². The first kappa shape index (κ1) is 19.0. The summed E-state index contributed by atoms with van der Waals surface area (Å²) in [6, 6.07) is 16.5. The fourth-order valence-electron chi connectivity index (χ4n) is 2.86. The standard InChI is InChI=1S/C21H24ClN5/c1-23-21(26(2)14-18-7-9-20(22)10-8-18)25-13-17-3-5-19(6-4-17)15-27-12-11-24-16-27/h3-12,16H,13-15H2,1-2H3,(H,23,25). The molecule has 1 aromatic heterocycles. The second-order valence-corrected chi connectivity index (χ2v) is 6.87. The van der Waals surface area contributed by atoms with Crippen LogP contribution in [0.3, 0.4) is 0 Å². The van der Waals surface area contributed by atoms with Crippen molar-refractivity contribution in [3.8, 4) is 0 Å². The van der Waals surface area contributed by atoms with E-state index in [4.69, 9.17) is 11.6 Å². The molecular formula is C21H24ClN5. The van der Waals surface area contributed by atoms with E-state index in [1.54, 1.807) is 13.2 Å². The molecule has 0 amide bonds. The highest BCUT2D eigenvalue weighted by molar-refractivity contribution is 6.30. The summed E-state index contributed by atoms with van der Waals surface area (Å²) in [6.45, 7) is 2.32. The molecule has 3 rings (SSSR count). The van der Waals surface area contributed by atoms with Gasteiger partial charge in [-0.15, -0.1) is 0 Å². The minimum absolute atomic E-state index is 0.725. The van der Waals surface area contributed by atoms with Gasteiger partial charge in [-0.25, -0.2) is 4.98 Å².